The monoisotopic (exact) mass is 381 g/mol. The number of alkyl halides is 3. The molecule has 2 aliphatic rings. The maximum atomic E-state index is 12.7. The maximum Gasteiger partial charge on any atom is 0.416 e. The van der Waals surface area contributed by atoms with Gasteiger partial charge >= 0.3 is 6.18 Å². The smallest absolute Gasteiger partial charge is 0.299 e. The van der Waals surface area contributed by atoms with Crippen molar-refractivity contribution in [2.75, 3.05) is 26.2 Å². The van der Waals surface area contributed by atoms with Gasteiger partial charge in [0.1, 0.15) is 5.01 Å². The van der Waals surface area contributed by atoms with Crippen LogP contribution in [-0.2, 0) is 12.7 Å². The fourth-order valence-corrected chi connectivity index (χ4v) is 4.72. The van der Waals surface area contributed by atoms with Gasteiger partial charge in [0.25, 0.3) is 0 Å². The number of nitrogens with zero attached hydrogens (tertiary/aromatic N) is 3. The minimum absolute atomic E-state index is 0.622. The molecule has 0 bridgehead atoms. The van der Waals surface area contributed by atoms with Gasteiger partial charge in [-0.05, 0) is 44.5 Å². The number of aromatic nitrogens is 1. The molecule has 0 radical (unpaired) electrons. The van der Waals surface area contributed by atoms with Gasteiger partial charge < -0.3 is 0 Å². The zero-order valence-electron chi connectivity index (χ0n) is 14.5. The molecule has 140 valence electrons. The van der Waals surface area contributed by atoms with E-state index in [1.807, 2.05) is 5.38 Å². The zero-order chi connectivity index (χ0) is 18.1. The lowest BCUT2D eigenvalue weighted by Crippen LogP contribution is -2.35. The highest BCUT2D eigenvalue weighted by Gasteiger charge is 2.31. The first-order valence-corrected chi connectivity index (χ1v) is 9.95. The highest BCUT2D eigenvalue weighted by atomic mass is 32.1. The molecular formula is C19H22F3N3S. The lowest BCUT2D eigenvalue weighted by atomic mass is 10.1. The van der Waals surface area contributed by atoms with E-state index in [0.29, 0.717) is 6.04 Å². The lowest BCUT2D eigenvalue weighted by Gasteiger charge is -2.23. The predicted octanol–water partition coefficient (Wildman–Crippen LogP) is 4.50. The summed E-state index contributed by atoms with van der Waals surface area (Å²) in [6.45, 7) is 5.46. The maximum absolute atomic E-state index is 12.7. The van der Waals surface area contributed by atoms with Crippen molar-refractivity contribution in [3.63, 3.8) is 0 Å². The van der Waals surface area contributed by atoms with Crippen molar-refractivity contribution < 1.29 is 13.2 Å². The number of halogens is 3. The Morgan fingerprint density at radius 3 is 2.50 bits per heavy atom. The summed E-state index contributed by atoms with van der Waals surface area (Å²) in [6, 6.07) is 5.93. The van der Waals surface area contributed by atoms with Crippen molar-refractivity contribution in [2.24, 2.45) is 0 Å². The molecule has 7 heteroatoms. The van der Waals surface area contributed by atoms with Crippen LogP contribution in [0.4, 0.5) is 13.2 Å². The molecular weight excluding hydrogens is 359 g/mol. The van der Waals surface area contributed by atoms with Crippen molar-refractivity contribution >= 4 is 11.3 Å². The molecule has 2 aliphatic heterocycles. The van der Waals surface area contributed by atoms with Crippen LogP contribution in [0.15, 0.2) is 29.6 Å². The number of benzene rings is 1. The molecule has 3 nitrogen and oxygen atoms in total. The van der Waals surface area contributed by atoms with E-state index in [1.54, 1.807) is 0 Å². The largest absolute Gasteiger partial charge is 0.416 e. The van der Waals surface area contributed by atoms with Crippen LogP contribution in [0.2, 0.25) is 0 Å². The van der Waals surface area contributed by atoms with Gasteiger partial charge in [-0.1, -0.05) is 12.1 Å². The van der Waals surface area contributed by atoms with E-state index in [-0.39, 0.29) is 0 Å². The van der Waals surface area contributed by atoms with Crippen molar-refractivity contribution in [2.45, 2.75) is 38.0 Å². The number of hydrogen-bond donors (Lipinski definition) is 0. The van der Waals surface area contributed by atoms with Crippen LogP contribution >= 0.6 is 11.3 Å². The third kappa shape index (κ3) is 3.94. The Morgan fingerprint density at radius 2 is 1.81 bits per heavy atom. The highest BCUT2D eigenvalue weighted by molar-refractivity contribution is 7.13. The topological polar surface area (TPSA) is 19.4 Å². The number of hydrogen-bond acceptors (Lipinski definition) is 4. The third-order valence-corrected chi connectivity index (χ3v) is 6.24. The van der Waals surface area contributed by atoms with Crippen LogP contribution in [0.5, 0.6) is 0 Å². The van der Waals surface area contributed by atoms with E-state index < -0.39 is 11.7 Å². The standard InChI is InChI=1S/C19H22F3N3S/c20-19(21,22)15-5-3-14(4-6-15)18-23-16(13-26-18)11-24-10-7-17(12-24)25-8-1-2-9-25/h3-6,13,17H,1-2,7-12H2. The van der Waals surface area contributed by atoms with E-state index in [1.165, 1.54) is 55.8 Å². The Hall–Kier alpha value is -1.44. The minimum Gasteiger partial charge on any atom is -0.299 e. The summed E-state index contributed by atoms with van der Waals surface area (Å²) in [7, 11) is 0. The van der Waals surface area contributed by atoms with Crippen molar-refractivity contribution in [1.29, 1.82) is 0 Å². The highest BCUT2D eigenvalue weighted by Crippen LogP contribution is 2.32. The fraction of sp³-hybridized carbons (Fsp3) is 0.526. The molecule has 0 spiro atoms. The Kier molecular flexibility index (Phi) is 5.03. The fourth-order valence-electron chi connectivity index (χ4n) is 3.90. The average molecular weight is 381 g/mol. The zero-order valence-corrected chi connectivity index (χ0v) is 15.3. The van der Waals surface area contributed by atoms with Crippen molar-refractivity contribution in [1.82, 2.24) is 14.8 Å². The van der Waals surface area contributed by atoms with Gasteiger partial charge in [-0.15, -0.1) is 11.3 Å². The van der Waals surface area contributed by atoms with E-state index in [4.69, 9.17) is 0 Å². The van der Waals surface area contributed by atoms with Gasteiger partial charge in [0, 0.05) is 36.6 Å². The Bertz CT molecular complexity index is 735. The molecule has 4 rings (SSSR count). The van der Waals surface area contributed by atoms with Crippen molar-refractivity contribution in [3.8, 4) is 10.6 Å². The van der Waals surface area contributed by atoms with Gasteiger partial charge in [0.05, 0.1) is 11.3 Å². The second-order valence-corrected chi connectivity index (χ2v) is 8.00. The predicted molar refractivity (Wildman–Crippen MR) is 97.0 cm³/mol. The molecule has 26 heavy (non-hydrogen) atoms. The second-order valence-electron chi connectivity index (χ2n) is 7.14. The summed E-state index contributed by atoms with van der Waals surface area (Å²) < 4.78 is 38.0. The molecule has 0 aliphatic carbocycles. The molecule has 0 amide bonds. The normalized spacial score (nSPS) is 22.3. The SMILES string of the molecule is FC(F)(F)c1ccc(-c2nc(CN3CCC(N4CCCC4)C3)cs2)cc1. The molecule has 1 aromatic heterocycles. The van der Waals surface area contributed by atoms with Gasteiger partial charge in [-0.3, -0.25) is 9.80 Å². The molecule has 1 atom stereocenters. The molecule has 2 aromatic rings. The van der Waals surface area contributed by atoms with Crippen molar-refractivity contribution in [3.05, 3.63) is 40.9 Å². The van der Waals surface area contributed by atoms with E-state index in [9.17, 15) is 13.2 Å². The summed E-state index contributed by atoms with van der Waals surface area (Å²) in [5, 5.41) is 2.81. The molecule has 2 saturated heterocycles. The summed E-state index contributed by atoms with van der Waals surface area (Å²) in [5.74, 6) is 0. The van der Waals surface area contributed by atoms with Crippen LogP contribution < -0.4 is 0 Å². The molecule has 2 fully saturated rings. The first-order chi connectivity index (χ1) is 12.5. The lowest BCUT2D eigenvalue weighted by molar-refractivity contribution is -0.137. The molecule has 1 aromatic carbocycles. The summed E-state index contributed by atoms with van der Waals surface area (Å²) in [5.41, 5.74) is 1.13. The number of rotatable bonds is 4. The van der Waals surface area contributed by atoms with Crippen LogP contribution in [0.3, 0.4) is 0 Å². The Morgan fingerprint density at radius 1 is 1.08 bits per heavy atom. The number of likely N-dealkylation sites (tertiary alicyclic amines) is 2. The van der Waals surface area contributed by atoms with Crippen LogP contribution in [0, 0.1) is 0 Å². The van der Waals surface area contributed by atoms with E-state index >= 15 is 0 Å². The van der Waals surface area contributed by atoms with Crippen LogP contribution in [-0.4, -0.2) is 47.0 Å². The second kappa shape index (κ2) is 7.29. The molecule has 0 saturated carbocycles. The van der Waals surface area contributed by atoms with E-state index in [0.717, 1.165) is 48.0 Å². The molecule has 0 N–H and O–H groups in total. The average Bonchev–Trinajstić information content (AvgIpc) is 3.36. The third-order valence-electron chi connectivity index (χ3n) is 5.30. The van der Waals surface area contributed by atoms with Crippen LogP contribution in [0.25, 0.3) is 10.6 Å². The Labute approximate surface area is 155 Å². The Balaban J connectivity index is 1.37. The quantitative estimate of drug-likeness (QED) is 0.777. The summed E-state index contributed by atoms with van der Waals surface area (Å²) >= 11 is 1.50. The molecule has 1 unspecified atom stereocenters. The first-order valence-electron chi connectivity index (χ1n) is 9.07. The van der Waals surface area contributed by atoms with Gasteiger partial charge in [0.15, 0.2) is 0 Å². The van der Waals surface area contributed by atoms with E-state index in [2.05, 4.69) is 14.8 Å². The number of thiazole rings is 1. The first kappa shape index (κ1) is 17.9. The summed E-state index contributed by atoms with van der Waals surface area (Å²) in [4.78, 5) is 9.69. The summed E-state index contributed by atoms with van der Waals surface area (Å²) in [6.07, 6.45) is -0.442. The van der Waals surface area contributed by atoms with Gasteiger partial charge in [-0.2, -0.15) is 13.2 Å². The minimum atomic E-state index is -4.30. The molecule has 3 heterocycles. The van der Waals surface area contributed by atoms with Crippen LogP contribution in [0.1, 0.15) is 30.5 Å². The van der Waals surface area contributed by atoms with Gasteiger partial charge in [-0.25, -0.2) is 4.98 Å². The van der Waals surface area contributed by atoms with Gasteiger partial charge in [0.2, 0.25) is 0 Å².